The highest BCUT2D eigenvalue weighted by Crippen LogP contribution is 2.51. The molecule has 4 saturated carbocycles. The Bertz CT molecular complexity index is 538. The van der Waals surface area contributed by atoms with Gasteiger partial charge in [-0.2, -0.15) is 0 Å². The van der Waals surface area contributed by atoms with Gasteiger partial charge < -0.3 is 5.32 Å². The number of carbonyl (C=O) groups is 1. The summed E-state index contributed by atoms with van der Waals surface area (Å²) in [5.41, 5.74) is 0. The Labute approximate surface area is 133 Å². The van der Waals surface area contributed by atoms with Crippen molar-refractivity contribution in [1.29, 1.82) is 0 Å². The maximum Gasteiger partial charge on any atom is 0.235 e. The van der Waals surface area contributed by atoms with Crippen LogP contribution in [0.4, 0.5) is 0 Å². The smallest absolute Gasteiger partial charge is 0.235 e. The number of fused-ring (bicyclic) bond motifs is 1. The molecule has 3 unspecified atom stereocenters. The first-order valence-corrected chi connectivity index (χ1v) is 10.8. The van der Waals surface area contributed by atoms with Crippen LogP contribution in [0.15, 0.2) is 0 Å². The number of amides is 1. The van der Waals surface area contributed by atoms with Gasteiger partial charge in [-0.05, 0) is 81.0 Å². The van der Waals surface area contributed by atoms with Gasteiger partial charge in [-0.25, -0.2) is 8.42 Å². The summed E-state index contributed by atoms with van der Waals surface area (Å²) in [6, 6.07) is 0.254. The molecule has 0 radical (unpaired) electrons. The van der Waals surface area contributed by atoms with E-state index < -0.39 is 9.84 Å². The highest BCUT2D eigenvalue weighted by molar-refractivity contribution is 7.92. The zero-order chi connectivity index (χ0) is 15.3. The predicted octanol–water partition coefficient (Wildman–Crippen LogP) is 2.14. The SMILES string of the molecule is O=C(CS(=O)(=O)CC1CCC2CC2C1)NC(C1CC1)C1CC1. The minimum Gasteiger partial charge on any atom is -0.352 e. The summed E-state index contributed by atoms with van der Waals surface area (Å²) in [5, 5.41) is 3.03. The molecular weight excluding hydrogens is 298 g/mol. The fourth-order valence-corrected chi connectivity index (χ4v) is 6.10. The van der Waals surface area contributed by atoms with Crippen molar-refractivity contribution in [2.75, 3.05) is 11.5 Å². The summed E-state index contributed by atoms with van der Waals surface area (Å²) >= 11 is 0. The Balaban J connectivity index is 1.27. The summed E-state index contributed by atoms with van der Waals surface area (Å²) < 4.78 is 24.6. The Morgan fingerprint density at radius 1 is 0.955 bits per heavy atom. The summed E-state index contributed by atoms with van der Waals surface area (Å²) in [6.07, 6.45) is 9.38. The van der Waals surface area contributed by atoms with Gasteiger partial charge in [0.1, 0.15) is 5.75 Å². The Morgan fingerprint density at radius 3 is 2.23 bits per heavy atom. The molecule has 1 amide bonds. The monoisotopic (exact) mass is 325 g/mol. The molecule has 4 aliphatic rings. The molecule has 0 heterocycles. The van der Waals surface area contributed by atoms with E-state index in [0.717, 1.165) is 24.7 Å². The third-order valence-corrected chi connectivity index (χ3v) is 7.76. The van der Waals surface area contributed by atoms with Gasteiger partial charge in [-0.1, -0.05) is 0 Å². The second-order valence-electron chi connectivity index (χ2n) is 8.26. The molecule has 0 aliphatic heterocycles. The number of rotatable bonds is 7. The van der Waals surface area contributed by atoms with Crippen molar-refractivity contribution in [3.63, 3.8) is 0 Å². The molecule has 4 fully saturated rings. The van der Waals surface area contributed by atoms with Gasteiger partial charge in [0.25, 0.3) is 0 Å². The van der Waals surface area contributed by atoms with E-state index in [0.29, 0.717) is 17.8 Å². The Hall–Kier alpha value is -0.580. The number of hydrogen-bond acceptors (Lipinski definition) is 3. The highest BCUT2D eigenvalue weighted by atomic mass is 32.2. The van der Waals surface area contributed by atoms with Crippen LogP contribution in [-0.4, -0.2) is 31.9 Å². The molecule has 22 heavy (non-hydrogen) atoms. The van der Waals surface area contributed by atoms with E-state index in [9.17, 15) is 13.2 Å². The highest BCUT2D eigenvalue weighted by Gasteiger charge is 2.44. The lowest BCUT2D eigenvalue weighted by atomic mass is 9.91. The standard InChI is InChI=1S/C17H27NO3S/c19-16(18-17(12-3-4-12)13-5-6-13)10-22(20,21)9-11-1-2-14-8-15(14)7-11/h11-15,17H,1-10H2,(H,18,19). The lowest BCUT2D eigenvalue weighted by Gasteiger charge is -2.21. The lowest BCUT2D eigenvalue weighted by molar-refractivity contribution is -0.119. The van der Waals surface area contributed by atoms with Crippen LogP contribution in [-0.2, 0) is 14.6 Å². The second-order valence-corrected chi connectivity index (χ2v) is 10.4. The molecule has 4 rings (SSSR count). The van der Waals surface area contributed by atoms with Gasteiger partial charge >= 0.3 is 0 Å². The van der Waals surface area contributed by atoms with Gasteiger partial charge in [0.05, 0.1) is 5.75 Å². The average Bonchev–Trinajstić information content (AvgIpc) is 3.31. The number of carbonyl (C=O) groups excluding carboxylic acids is 1. The van der Waals surface area contributed by atoms with Crippen LogP contribution in [0.5, 0.6) is 0 Å². The third-order valence-electron chi connectivity index (χ3n) is 6.08. The number of sulfone groups is 1. The molecule has 4 aliphatic carbocycles. The largest absolute Gasteiger partial charge is 0.352 e. The molecule has 5 heteroatoms. The maximum absolute atomic E-state index is 12.3. The molecular formula is C17H27NO3S. The fourth-order valence-electron chi connectivity index (χ4n) is 4.48. The van der Waals surface area contributed by atoms with Crippen molar-refractivity contribution < 1.29 is 13.2 Å². The Morgan fingerprint density at radius 2 is 1.64 bits per heavy atom. The van der Waals surface area contributed by atoms with Gasteiger partial charge in [-0.3, -0.25) is 4.79 Å². The van der Waals surface area contributed by atoms with Gasteiger partial charge in [0.2, 0.25) is 5.91 Å². The predicted molar refractivity (Wildman–Crippen MR) is 85.0 cm³/mol. The van der Waals surface area contributed by atoms with Crippen LogP contribution in [0, 0.1) is 29.6 Å². The quantitative estimate of drug-likeness (QED) is 0.780. The molecule has 124 valence electrons. The minimum atomic E-state index is -3.25. The van der Waals surface area contributed by atoms with Gasteiger partial charge in [0.15, 0.2) is 9.84 Å². The zero-order valence-corrected chi connectivity index (χ0v) is 14.0. The van der Waals surface area contributed by atoms with E-state index >= 15 is 0 Å². The molecule has 1 N–H and O–H groups in total. The molecule has 0 bridgehead atoms. The second kappa shape index (κ2) is 5.50. The molecule has 0 saturated heterocycles. The number of nitrogens with one attached hydrogen (secondary N) is 1. The van der Waals surface area contributed by atoms with E-state index in [1.165, 1.54) is 38.5 Å². The molecule has 0 aromatic rings. The van der Waals surface area contributed by atoms with Gasteiger partial charge in [-0.15, -0.1) is 0 Å². The zero-order valence-electron chi connectivity index (χ0n) is 13.2. The minimum absolute atomic E-state index is 0.223. The first-order valence-electron chi connectivity index (χ1n) is 9.00. The van der Waals surface area contributed by atoms with Crippen molar-refractivity contribution in [3.05, 3.63) is 0 Å². The van der Waals surface area contributed by atoms with E-state index in [1.54, 1.807) is 0 Å². The van der Waals surface area contributed by atoms with E-state index in [4.69, 9.17) is 0 Å². The molecule has 3 atom stereocenters. The van der Waals surface area contributed by atoms with Crippen LogP contribution in [0.1, 0.15) is 51.4 Å². The molecule has 0 aromatic carbocycles. The molecule has 0 spiro atoms. The first kappa shape index (κ1) is 15.0. The van der Waals surface area contributed by atoms with E-state index in [1.807, 2.05) is 0 Å². The Kier molecular flexibility index (Phi) is 3.74. The van der Waals surface area contributed by atoms with Crippen LogP contribution in [0.2, 0.25) is 0 Å². The third kappa shape index (κ3) is 3.66. The van der Waals surface area contributed by atoms with E-state index in [-0.39, 0.29) is 23.5 Å². The topological polar surface area (TPSA) is 63.2 Å². The van der Waals surface area contributed by atoms with Crippen molar-refractivity contribution in [3.8, 4) is 0 Å². The summed E-state index contributed by atoms with van der Waals surface area (Å²) in [6.45, 7) is 0. The number of hydrogen-bond donors (Lipinski definition) is 1. The van der Waals surface area contributed by atoms with Crippen molar-refractivity contribution in [2.24, 2.45) is 29.6 Å². The van der Waals surface area contributed by atoms with Crippen molar-refractivity contribution >= 4 is 15.7 Å². The van der Waals surface area contributed by atoms with Crippen LogP contribution in [0.25, 0.3) is 0 Å². The normalized spacial score (nSPS) is 34.3. The van der Waals surface area contributed by atoms with Gasteiger partial charge in [0, 0.05) is 6.04 Å². The molecule has 4 nitrogen and oxygen atoms in total. The first-order chi connectivity index (χ1) is 10.5. The molecule has 0 aromatic heterocycles. The average molecular weight is 325 g/mol. The lowest BCUT2D eigenvalue weighted by Crippen LogP contribution is -2.41. The van der Waals surface area contributed by atoms with Crippen LogP contribution < -0.4 is 5.32 Å². The van der Waals surface area contributed by atoms with Crippen LogP contribution >= 0.6 is 0 Å². The summed E-state index contributed by atoms with van der Waals surface area (Å²) in [7, 11) is -3.25. The van der Waals surface area contributed by atoms with Crippen molar-refractivity contribution in [2.45, 2.75) is 57.4 Å². The summed E-state index contributed by atoms with van der Waals surface area (Å²) in [4.78, 5) is 12.2. The van der Waals surface area contributed by atoms with Crippen LogP contribution in [0.3, 0.4) is 0 Å². The van der Waals surface area contributed by atoms with Crippen molar-refractivity contribution in [1.82, 2.24) is 5.32 Å². The fraction of sp³-hybridized carbons (Fsp3) is 0.941. The maximum atomic E-state index is 12.3. The summed E-state index contributed by atoms with van der Waals surface area (Å²) in [5.74, 6) is 2.87. The van der Waals surface area contributed by atoms with E-state index in [2.05, 4.69) is 5.32 Å².